The zero-order valence-corrected chi connectivity index (χ0v) is 9.86. The van der Waals surface area contributed by atoms with Gasteiger partial charge in [0.1, 0.15) is 11.6 Å². The highest BCUT2D eigenvalue weighted by Gasteiger charge is 2.35. The minimum atomic E-state index is -4.65. The first-order chi connectivity index (χ1) is 8.24. The van der Waals surface area contributed by atoms with Crippen LogP contribution in [0.1, 0.15) is 12.7 Å². The SMILES string of the molecule is CC(C#N)CN(C)c1cc(N)nc(C(F)(F)F)n1. The van der Waals surface area contributed by atoms with Gasteiger partial charge in [-0.15, -0.1) is 0 Å². The van der Waals surface area contributed by atoms with Crippen LogP contribution in [0.25, 0.3) is 0 Å². The molecule has 2 N–H and O–H groups in total. The number of nitrogens with two attached hydrogens (primary N) is 1. The van der Waals surface area contributed by atoms with Crippen molar-refractivity contribution in [2.45, 2.75) is 13.1 Å². The van der Waals surface area contributed by atoms with E-state index < -0.39 is 12.0 Å². The van der Waals surface area contributed by atoms with Crippen LogP contribution in [0.4, 0.5) is 24.8 Å². The number of hydrogen-bond acceptors (Lipinski definition) is 5. The van der Waals surface area contributed by atoms with Crippen molar-refractivity contribution in [2.75, 3.05) is 24.2 Å². The molecular formula is C10H12F3N5. The maximum atomic E-state index is 12.5. The molecule has 18 heavy (non-hydrogen) atoms. The molecular weight excluding hydrogens is 247 g/mol. The molecule has 0 amide bonds. The molecule has 0 aliphatic carbocycles. The van der Waals surface area contributed by atoms with Crippen molar-refractivity contribution in [1.29, 1.82) is 5.26 Å². The Morgan fingerprint density at radius 1 is 1.50 bits per heavy atom. The fraction of sp³-hybridized carbons (Fsp3) is 0.500. The molecule has 0 aliphatic heterocycles. The van der Waals surface area contributed by atoms with Crippen LogP contribution in [-0.4, -0.2) is 23.6 Å². The van der Waals surface area contributed by atoms with Gasteiger partial charge in [0.2, 0.25) is 5.82 Å². The van der Waals surface area contributed by atoms with Crippen LogP contribution in [0.2, 0.25) is 0 Å². The molecule has 1 aromatic rings. The molecule has 8 heteroatoms. The largest absolute Gasteiger partial charge is 0.451 e. The first-order valence-electron chi connectivity index (χ1n) is 5.06. The maximum Gasteiger partial charge on any atom is 0.451 e. The Labute approximate surface area is 102 Å². The van der Waals surface area contributed by atoms with Crippen LogP contribution in [0.15, 0.2) is 6.07 Å². The third kappa shape index (κ3) is 3.48. The summed E-state index contributed by atoms with van der Waals surface area (Å²) in [5.41, 5.74) is 5.31. The molecule has 1 unspecified atom stereocenters. The van der Waals surface area contributed by atoms with Crippen molar-refractivity contribution < 1.29 is 13.2 Å². The van der Waals surface area contributed by atoms with Crippen LogP contribution >= 0.6 is 0 Å². The van der Waals surface area contributed by atoms with E-state index in [2.05, 4.69) is 9.97 Å². The Morgan fingerprint density at radius 2 is 2.11 bits per heavy atom. The van der Waals surface area contributed by atoms with Gasteiger partial charge in [-0.3, -0.25) is 0 Å². The first-order valence-corrected chi connectivity index (χ1v) is 5.06. The molecule has 98 valence electrons. The summed E-state index contributed by atoms with van der Waals surface area (Å²) in [4.78, 5) is 7.96. The Hall–Kier alpha value is -2.04. The molecule has 0 saturated heterocycles. The van der Waals surface area contributed by atoms with Gasteiger partial charge < -0.3 is 10.6 Å². The number of rotatable bonds is 3. The van der Waals surface area contributed by atoms with Gasteiger partial charge in [-0.25, -0.2) is 9.97 Å². The van der Waals surface area contributed by atoms with Crippen molar-refractivity contribution in [3.63, 3.8) is 0 Å². The molecule has 0 radical (unpaired) electrons. The zero-order valence-electron chi connectivity index (χ0n) is 9.86. The van der Waals surface area contributed by atoms with Gasteiger partial charge in [-0.05, 0) is 6.92 Å². The lowest BCUT2D eigenvalue weighted by Crippen LogP contribution is -2.26. The molecule has 1 atom stereocenters. The van der Waals surface area contributed by atoms with Gasteiger partial charge >= 0.3 is 6.18 Å². The molecule has 0 saturated carbocycles. The van der Waals surface area contributed by atoms with E-state index in [1.807, 2.05) is 6.07 Å². The van der Waals surface area contributed by atoms with Gasteiger partial charge in [0.15, 0.2) is 0 Å². The van der Waals surface area contributed by atoms with E-state index in [1.54, 1.807) is 6.92 Å². The van der Waals surface area contributed by atoms with Crippen LogP contribution in [0.3, 0.4) is 0 Å². The predicted molar refractivity (Wildman–Crippen MR) is 59.5 cm³/mol. The average Bonchev–Trinajstić information content (AvgIpc) is 2.26. The second-order valence-electron chi connectivity index (χ2n) is 3.88. The summed E-state index contributed by atoms with van der Waals surface area (Å²) in [6.45, 7) is 1.91. The van der Waals surface area contributed by atoms with E-state index in [9.17, 15) is 13.2 Å². The third-order valence-corrected chi connectivity index (χ3v) is 2.15. The number of nitrogen functional groups attached to an aromatic ring is 1. The third-order valence-electron chi connectivity index (χ3n) is 2.15. The minimum absolute atomic E-state index is 0.0388. The quantitative estimate of drug-likeness (QED) is 0.893. The smallest absolute Gasteiger partial charge is 0.384 e. The molecule has 0 aromatic carbocycles. The van der Waals surface area contributed by atoms with E-state index in [0.717, 1.165) is 0 Å². The topological polar surface area (TPSA) is 78.8 Å². The lowest BCUT2D eigenvalue weighted by atomic mass is 10.2. The van der Waals surface area contributed by atoms with E-state index in [0.29, 0.717) is 0 Å². The second-order valence-corrected chi connectivity index (χ2v) is 3.88. The van der Waals surface area contributed by atoms with Crippen molar-refractivity contribution >= 4 is 11.6 Å². The van der Waals surface area contributed by atoms with Crippen LogP contribution in [0.5, 0.6) is 0 Å². The average molecular weight is 259 g/mol. The zero-order chi connectivity index (χ0) is 13.9. The summed E-state index contributed by atoms with van der Waals surface area (Å²) in [5.74, 6) is -1.84. The van der Waals surface area contributed by atoms with E-state index in [1.165, 1.54) is 18.0 Å². The molecule has 0 aliphatic rings. The maximum absolute atomic E-state index is 12.5. The highest BCUT2D eigenvalue weighted by Crippen LogP contribution is 2.28. The lowest BCUT2D eigenvalue weighted by molar-refractivity contribution is -0.144. The van der Waals surface area contributed by atoms with Crippen molar-refractivity contribution in [3.8, 4) is 6.07 Å². The first kappa shape index (κ1) is 14.0. The van der Waals surface area contributed by atoms with E-state index >= 15 is 0 Å². The molecule has 0 bridgehead atoms. The summed E-state index contributed by atoms with van der Waals surface area (Å²) in [7, 11) is 1.54. The second kappa shape index (κ2) is 5.08. The van der Waals surface area contributed by atoms with Crippen LogP contribution in [-0.2, 0) is 6.18 Å². The Morgan fingerprint density at radius 3 is 2.61 bits per heavy atom. The Balaban J connectivity index is 3.03. The molecule has 1 rings (SSSR count). The van der Waals surface area contributed by atoms with Crippen LogP contribution < -0.4 is 10.6 Å². The molecule has 5 nitrogen and oxygen atoms in total. The Bertz CT molecular complexity index is 466. The van der Waals surface area contributed by atoms with Gasteiger partial charge in [0.25, 0.3) is 0 Å². The monoisotopic (exact) mass is 259 g/mol. The highest BCUT2D eigenvalue weighted by molar-refractivity contribution is 5.46. The van der Waals surface area contributed by atoms with Gasteiger partial charge in [0.05, 0.1) is 12.0 Å². The standard InChI is InChI=1S/C10H12F3N5/c1-6(4-14)5-18(2)8-3-7(15)16-9(17-8)10(11,12)13/h3,6H,5H2,1-2H3,(H2,15,16,17). The summed E-state index contributed by atoms with van der Waals surface area (Å²) in [5, 5.41) is 8.65. The number of aromatic nitrogens is 2. The van der Waals surface area contributed by atoms with Crippen molar-refractivity contribution in [1.82, 2.24) is 9.97 Å². The van der Waals surface area contributed by atoms with Crippen molar-refractivity contribution in [3.05, 3.63) is 11.9 Å². The van der Waals surface area contributed by atoms with Gasteiger partial charge in [-0.1, -0.05) is 0 Å². The fourth-order valence-electron chi connectivity index (χ4n) is 1.32. The number of hydrogen-bond donors (Lipinski definition) is 1. The molecule has 0 fully saturated rings. The molecule has 1 heterocycles. The summed E-state index contributed by atoms with van der Waals surface area (Å²) >= 11 is 0. The van der Waals surface area contributed by atoms with E-state index in [-0.39, 0.29) is 24.1 Å². The summed E-state index contributed by atoms with van der Waals surface area (Å²) in [6, 6.07) is 3.22. The normalized spacial score (nSPS) is 12.9. The number of nitriles is 1. The summed E-state index contributed by atoms with van der Waals surface area (Å²) < 4.78 is 37.5. The van der Waals surface area contributed by atoms with E-state index in [4.69, 9.17) is 11.0 Å². The number of halogens is 3. The highest BCUT2D eigenvalue weighted by atomic mass is 19.4. The van der Waals surface area contributed by atoms with Gasteiger partial charge in [0, 0.05) is 19.7 Å². The Kier molecular flexibility index (Phi) is 3.96. The lowest BCUT2D eigenvalue weighted by Gasteiger charge is -2.20. The number of alkyl halides is 3. The minimum Gasteiger partial charge on any atom is -0.384 e. The predicted octanol–water partition coefficient (Wildman–Crippen LogP) is 1.67. The fourth-order valence-corrected chi connectivity index (χ4v) is 1.32. The number of anilines is 2. The molecule has 1 aromatic heterocycles. The van der Waals surface area contributed by atoms with Gasteiger partial charge in [-0.2, -0.15) is 18.4 Å². The van der Waals surface area contributed by atoms with Crippen molar-refractivity contribution in [2.24, 2.45) is 5.92 Å². The van der Waals surface area contributed by atoms with Crippen LogP contribution in [0, 0.1) is 17.2 Å². The molecule has 0 spiro atoms. The summed E-state index contributed by atoms with van der Waals surface area (Å²) in [6.07, 6.45) is -4.65. The number of nitrogens with zero attached hydrogens (tertiary/aromatic N) is 4.